The van der Waals surface area contributed by atoms with Gasteiger partial charge in [0.2, 0.25) is 0 Å². The SMILES string of the molecule is CCCCCCCCCCC(CCOC(=S)NC12CC3CC(CC(C3)C1)C2)C(C)(C)N. The van der Waals surface area contributed by atoms with E-state index in [-0.39, 0.29) is 11.1 Å². The molecular formula is C27H50N2OS. The van der Waals surface area contributed by atoms with Crippen LogP contribution in [0.4, 0.5) is 0 Å². The molecule has 3 N–H and O–H groups in total. The average molecular weight is 451 g/mol. The first-order valence-corrected chi connectivity index (χ1v) is 13.9. The monoisotopic (exact) mass is 450 g/mol. The summed E-state index contributed by atoms with van der Waals surface area (Å²) in [5.41, 5.74) is 6.62. The Morgan fingerprint density at radius 1 is 0.935 bits per heavy atom. The molecule has 1 unspecified atom stereocenters. The van der Waals surface area contributed by atoms with Gasteiger partial charge in [0.25, 0.3) is 5.17 Å². The molecular weight excluding hydrogens is 400 g/mol. The van der Waals surface area contributed by atoms with Crippen molar-refractivity contribution in [2.24, 2.45) is 29.4 Å². The van der Waals surface area contributed by atoms with E-state index < -0.39 is 0 Å². The zero-order valence-corrected chi connectivity index (χ0v) is 21.5. The van der Waals surface area contributed by atoms with Gasteiger partial charge < -0.3 is 15.8 Å². The Balaban J connectivity index is 1.32. The molecule has 0 aliphatic heterocycles. The first-order chi connectivity index (χ1) is 14.8. The molecule has 4 heteroatoms. The van der Waals surface area contributed by atoms with Gasteiger partial charge in [-0.3, -0.25) is 0 Å². The van der Waals surface area contributed by atoms with Gasteiger partial charge in [0.05, 0.1) is 6.61 Å². The van der Waals surface area contributed by atoms with E-state index in [4.69, 9.17) is 22.7 Å². The highest BCUT2D eigenvalue weighted by atomic mass is 32.1. The summed E-state index contributed by atoms with van der Waals surface area (Å²) < 4.78 is 6.05. The van der Waals surface area contributed by atoms with Gasteiger partial charge in [-0.15, -0.1) is 0 Å². The normalized spacial score (nSPS) is 30.4. The van der Waals surface area contributed by atoms with E-state index in [1.807, 2.05) is 0 Å². The lowest BCUT2D eigenvalue weighted by molar-refractivity contribution is -0.0128. The lowest BCUT2D eigenvalue weighted by atomic mass is 9.53. The average Bonchev–Trinajstić information content (AvgIpc) is 2.66. The van der Waals surface area contributed by atoms with Crippen LogP contribution >= 0.6 is 12.2 Å². The van der Waals surface area contributed by atoms with Gasteiger partial charge in [-0.2, -0.15) is 0 Å². The van der Waals surface area contributed by atoms with Gasteiger partial charge in [-0.05, 0) is 101 Å². The maximum Gasteiger partial charge on any atom is 0.257 e. The van der Waals surface area contributed by atoms with E-state index in [1.54, 1.807) is 0 Å². The van der Waals surface area contributed by atoms with E-state index >= 15 is 0 Å². The summed E-state index contributed by atoms with van der Waals surface area (Å²) in [6.45, 7) is 7.33. The number of ether oxygens (including phenoxy) is 1. The van der Waals surface area contributed by atoms with Crippen molar-refractivity contribution in [1.29, 1.82) is 0 Å². The molecule has 0 saturated heterocycles. The molecule has 0 aromatic heterocycles. The predicted molar refractivity (Wildman–Crippen MR) is 136 cm³/mol. The van der Waals surface area contributed by atoms with Crippen LogP contribution in [0.3, 0.4) is 0 Å². The first kappa shape index (κ1) is 25.3. The summed E-state index contributed by atoms with van der Waals surface area (Å²) in [5, 5.41) is 4.34. The number of unbranched alkanes of at least 4 members (excludes halogenated alkanes) is 7. The third kappa shape index (κ3) is 7.88. The Bertz CT molecular complexity index is 521. The Kier molecular flexibility index (Phi) is 9.52. The van der Waals surface area contributed by atoms with Crippen LogP contribution in [0.25, 0.3) is 0 Å². The third-order valence-electron chi connectivity index (χ3n) is 8.56. The van der Waals surface area contributed by atoms with Gasteiger partial charge in [0, 0.05) is 11.1 Å². The van der Waals surface area contributed by atoms with E-state index in [0.29, 0.717) is 17.7 Å². The van der Waals surface area contributed by atoms with Crippen LogP contribution in [0.5, 0.6) is 0 Å². The van der Waals surface area contributed by atoms with Crippen molar-refractivity contribution in [1.82, 2.24) is 5.32 Å². The molecule has 4 fully saturated rings. The van der Waals surface area contributed by atoms with Crippen molar-refractivity contribution in [3.05, 3.63) is 0 Å². The van der Waals surface area contributed by atoms with E-state index in [0.717, 1.165) is 24.2 Å². The lowest BCUT2D eigenvalue weighted by Gasteiger charge is -2.57. The summed E-state index contributed by atoms with van der Waals surface area (Å²) in [7, 11) is 0. The fourth-order valence-electron chi connectivity index (χ4n) is 7.22. The zero-order valence-electron chi connectivity index (χ0n) is 20.7. The Morgan fingerprint density at radius 3 is 1.97 bits per heavy atom. The van der Waals surface area contributed by atoms with Gasteiger partial charge in [-0.1, -0.05) is 58.3 Å². The number of thiocarbonyl (C=S) groups is 1. The van der Waals surface area contributed by atoms with E-state index in [2.05, 4.69) is 26.1 Å². The molecule has 180 valence electrons. The number of rotatable bonds is 14. The highest BCUT2D eigenvalue weighted by molar-refractivity contribution is 7.80. The van der Waals surface area contributed by atoms with Gasteiger partial charge >= 0.3 is 0 Å². The fourth-order valence-corrected chi connectivity index (χ4v) is 7.52. The molecule has 0 heterocycles. The van der Waals surface area contributed by atoms with Crippen LogP contribution in [0, 0.1) is 23.7 Å². The predicted octanol–water partition coefficient (Wildman–Crippen LogP) is 7.12. The molecule has 4 aliphatic carbocycles. The standard InChI is InChI=1S/C27H50N2OS/c1-4-5-6-7-8-9-10-11-12-24(26(2,3)28)13-14-30-25(31)29-27-18-21-15-22(19-27)17-23(16-21)20-27/h21-24H,4-20,28H2,1-3H3,(H,29,31). The second-order valence-corrected chi connectivity index (χ2v) is 12.4. The fraction of sp³-hybridized carbons (Fsp3) is 0.963. The smallest absolute Gasteiger partial charge is 0.257 e. The quantitative estimate of drug-likeness (QED) is 0.218. The second-order valence-electron chi connectivity index (χ2n) is 12.0. The van der Waals surface area contributed by atoms with Crippen LogP contribution in [0.1, 0.15) is 124 Å². The second kappa shape index (κ2) is 11.7. The van der Waals surface area contributed by atoms with Crippen molar-refractivity contribution in [2.45, 2.75) is 135 Å². The van der Waals surface area contributed by atoms with Crippen LogP contribution in [0.2, 0.25) is 0 Å². The molecule has 0 spiro atoms. The molecule has 4 bridgehead atoms. The molecule has 4 saturated carbocycles. The first-order valence-electron chi connectivity index (χ1n) is 13.5. The largest absolute Gasteiger partial charge is 0.471 e. The Hall–Kier alpha value is -0.350. The van der Waals surface area contributed by atoms with Crippen molar-refractivity contribution in [3.63, 3.8) is 0 Å². The maximum atomic E-state index is 6.52. The van der Waals surface area contributed by atoms with Crippen LogP contribution in [-0.2, 0) is 4.74 Å². The zero-order chi connectivity index (χ0) is 22.3. The molecule has 4 aliphatic rings. The van der Waals surface area contributed by atoms with Crippen LogP contribution < -0.4 is 11.1 Å². The minimum Gasteiger partial charge on any atom is -0.471 e. The molecule has 4 rings (SSSR count). The molecule has 0 aromatic carbocycles. The molecule has 31 heavy (non-hydrogen) atoms. The number of hydrogen-bond donors (Lipinski definition) is 2. The van der Waals surface area contributed by atoms with Crippen LogP contribution in [-0.4, -0.2) is 22.9 Å². The molecule has 3 nitrogen and oxygen atoms in total. The summed E-state index contributed by atoms with van der Waals surface area (Å²) in [5.74, 6) is 3.27. The number of hydrogen-bond acceptors (Lipinski definition) is 3. The molecule has 0 radical (unpaired) electrons. The minimum absolute atomic E-state index is 0.153. The van der Waals surface area contributed by atoms with Crippen molar-refractivity contribution >= 4 is 17.4 Å². The highest BCUT2D eigenvalue weighted by Gasteiger charge is 2.51. The van der Waals surface area contributed by atoms with Crippen LogP contribution in [0.15, 0.2) is 0 Å². The van der Waals surface area contributed by atoms with E-state index in [1.165, 1.54) is 96.3 Å². The summed E-state index contributed by atoms with van der Waals surface area (Å²) in [6.07, 6.45) is 21.4. The number of nitrogens with one attached hydrogen (secondary N) is 1. The van der Waals surface area contributed by atoms with Gasteiger partial charge in [0.15, 0.2) is 0 Å². The maximum absolute atomic E-state index is 6.52. The summed E-state index contributed by atoms with van der Waals surface area (Å²) >= 11 is 5.64. The molecule has 0 amide bonds. The molecule has 0 aromatic rings. The van der Waals surface area contributed by atoms with Gasteiger partial charge in [-0.25, -0.2) is 0 Å². The molecule has 1 atom stereocenters. The van der Waals surface area contributed by atoms with Crippen molar-refractivity contribution in [3.8, 4) is 0 Å². The summed E-state index contributed by atoms with van der Waals surface area (Å²) in [4.78, 5) is 0. The number of nitrogens with two attached hydrogens (primary N) is 1. The lowest BCUT2D eigenvalue weighted by Crippen LogP contribution is -2.59. The van der Waals surface area contributed by atoms with Crippen molar-refractivity contribution in [2.75, 3.05) is 6.61 Å². The third-order valence-corrected chi connectivity index (χ3v) is 8.78. The van der Waals surface area contributed by atoms with Crippen molar-refractivity contribution < 1.29 is 4.74 Å². The van der Waals surface area contributed by atoms with Gasteiger partial charge in [0.1, 0.15) is 0 Å². The Morgan fingerprint density at radius 2 is 1.45 bits per heavy atom. The summed E-state index contributed by atoms with van der Waals surface area (Å²) in [6, 6.07) is 0. The Labute approximate surface area is 198 Å². The topological polar surface area (TPSA) is 47.3 Å². The highest BCUT2D eigenvalue weighted by Crippen LogP contribution is 2.55. The minimum atomic E-state index is -0.153. The van der Waals surface area contributed by atoms with E-state index in [9.17, 15) is 0 Å².